The van der Waals surface area contributed by atoms with E-state index in [-0.39, 0.29) is 23.5 Å². The monoisotopic (exact) mass is 278 g/mol. The maximum atomic E-state index is 11.8. The first-order valence-electron chi connectivity index (χ1n) is 6.67. The zero-order valence-corrected chi connectivity index (χ0v) is 12.4. The number of nitrogens with one attached hydrogen (secondary N) is 1. The molecule has 1 aliphatic carbocycles. The van der Waals surface area contributed by atoms with E-state index >= 15 is 0 Å². The van der Waals surface area contributed by atoms with Crippen LogP contribution in [-0.2, 0) is 9.47 Å². The van der Waals surface area contributed by atoms with E-state index in [2.05, 4.69) is 19.2 Å². The number of methoxy groups -OCH3 is 2. The number of carbonyl (C=O) groups excluding carboxylic acids is 1. The highest BCUT2D eigenvalue weighted by Crippen LogP contribution is 2.44. The largest absolute Gasteiger partial charge is 0.465 e. The highest BCUT2D eigenvalue weighted by molar-refractivity contribution is 5.96. The van der Waals surface area contributed by atoms with Gasteiger partial charge in [-0.15, -0.1) is 0 Å². The molecule has 0 aromatic heterocycles. The summed E-state index contributed by atoms with van der Waals surface area (Å²) in [5, 5.41) is 3.41. The Morgan fingerprint density at radius 2 is 2.10 bits per heavy atom. The third-order valence-corrected chi connectivity index (χ3v) is 4.24. The third kappa shape index (κ3) is 2.45. The van der Waals surface area contributed by atoms with E-state index in [1.165, 1.54) is 7.11 Å². The van der Waals surface area contributed by atoms with Crippen LogP contribution in [0, 0.1) is 5.41 Å². The van der Waals surface area contributed by atoms with E-state index in [9.17, 15) is 4.79 Å². The van der Waals surface area contributed by atoms with Gasteiger partial charge in [0.25, 0.3) is 0 Å². The smallest absolute Gasteiger partial charge is 0.340 e. The minimum Gasteiger partial charge on any atom is -0.465 e. The van der Waals surface area contributed by atoms with E-state index in [1.807, 2.05) is 6.07 Å². The van der Waals surface area contributed by atoms with Crippen molar-refractivity contribution < 1.29 is 14.3 Å². The van der Waals surface area contributed by atoms with E-state index in [0.29, 0.717) is 11.3 Å². The molecule has 0 radical (unpaired) electrons. The molecule has 0 heterocycles. The fourth-order valence-corrected chi connectivity index (χ4v) is 2.68. The molecule has 1 aromatic carbocycles. The molecule has 3 N–H and O–H groups in total. The van der Waals surface area contributed by atoms with Crippen molar-refractivity contribution in [2.24, 2.45) is 5.41 Å². The molecule has 0 saturated heterocycles. The quantitative estimate of drug-likeness (QED) is 0.653. The summed E-state index contributed by atoms with van der Waals surface area (Å²) >= 11 is 0. The van der Waals surface area contributed by atoms with Crippen LogP contribution in [0.3, 0.4) is 0 Å². The van der Waals surface area contributed by atoms with Crippen LogP contribution in [0.2, 0.25) is 0 Å². The lowest BCUT2D eigenvalue weighted by molar-refractivity contribution is -0.0794. The number of ether oxygens (including phenoxy) is 2. The molecule has 0 amide bonds. The SMILES string of the molecule is COC(=O)c1cc(N)ccc1NC1CC(OC)C1(C)C. The van der Waals surface area contributed by atoms with Crippen molar-refractivity contribution in [1.29, 1.82) is 0 Å². The maximum absolute atomic E-state index is 11.8. The number of benzene rings is 1. The van der Waals surface area contributed by atoms with Crippen molar-refractivity contribution in [3.8, 4) is 0 Å². The van der Waals surface area contributed by atoms with Gasteiger partial charge in [-0.1, -0.05) is 13.8 Å². The zero-order chi connectivity index (χ0) is 14.9. The van der Waals surface area contributed by atoms with Gasteiger partial charge in [0.2, 0.25) is 0 Å². The van der Waals surface area contributed by atoms with E-state index < -0.39 is 0 Å². The highest BCUT2D eigenvalue weighted by Gasteiger charge is 2.48. The molecule has 1 fully saturated rings. The van der Waals surface area contributed by atoms with Gasteiger partial charge < -0.3 is 20.5 Å². The fourth-order valence-electron chi connectivity index (χ4n) is 2.68. The highest BCUT2D eigenvalue weighted by atomic mass is 16.5. The molecule has 2 rings (SSSR count). The molecule has 1 saturated carbocycles. The molecular formula is C15H22N2O3. The first kappa shape index (κ1) is 14.7. The molecule has 5 heteroatoms. The van der Waals surface area contributed by atoms with E-state index in [0.717, 1.165) is 12.1 Å². The van der Waals surface area contributed by atoms with Crippen LogP contribution in [-0.4, -0.2) is 32.3 Å². The van der Waals surface area contributed by atoms with Crippen LogP contribution >= 0.6 is 0 Å². The summed E-state index contributed by atoms with van der Waals surface area (Å²) in [7, 11) is 3.09. The Balaban J connectivity index is 2.20. The molecule has 1 aliphatic rings. The molecule has 110 valence electrons. The molecule has 2 atom stereocenters. The molecular weight excluding hydrogens is 256 g/mol. The molecule has 0 spiro atoms. The number of nitrogen functional groups attached to an aromatic ring is 1. The average Bonchev–Trinajstić information content (AvgIpc) is 2.43. The Bertz CT molecular complexity index is 514. The van der Waals surface area contributed by atoms with Gasteiger partial charge in [-0.25, -0.2) is 4.79 Å². The average molecular weight is 278 g/mol. The van der Waals surface area contributed by atoms with Gasteiger partial charge in [0, 0.05) is 29.9 Å². The van der Waals surface area contributed by atoms with Crippen molar-refractivity contribution in [1.82, 2.24) is 0 Å². The predicted molar refractivity (Wildman–Crippen MR) is 78.8 cm³/mol. The molecule has 20 heavy (non-hydrogen) atoms. The summed E-state index contributed by atoms with van der Waals surface area (Å²) in [6, 6.07) is 5.47. The number of anilines is 2. The van der Waals surface area contributed by atoms with Gasteiger partial charge in [0.15, 0.2) is 0 Å². The molecule has 2 unspecified atom stereocenters. The standard InChI is InChI=1S/C15H22N2O3/c1-15(2)12(8-13(15)19-3)17-11-6-5-9(16)7-10(11)14(18)20-4/h5-7,12-13,17H,8,16H2,1-4H3. The van der Waals surface area contributed by atoms with Crippen molar-refractivity contribution in [3.05, 3.63) is 23.8 Å². The van der Waals surface area contributed by atoms with Gasteiger partial charge in [-0.2, -0.15) is 0 Å². The Morgan fingerprint density at radius 1 is 1.40 bits per heavy atom. The summed E-state index contributed by atoms with van der Waals surface area (Å²) in [6.07, 6.45) is 1.14. The van der Waals surface area contributed by atoms with Crippen LogP contribution in [0.15, 0.2) is 18.2 Å². The van der Waals surface area contributed by atoms with Crippen molar-refractivity contribution in [2.45, 2.75) is 32.4 Å². The van der Waals surface area contributed by atoms with Gasteiger partial charge in [-0.3, -0.25) is 0 Å². The number of nitrogens with two attached hydrogens (primary N) is 1. The van der Waals surface area contributed by atoms with Crippen molar-refractivity contribution >= 4 is 17.3 Å². The lowest BCUT2D eigenvalue weighted by atomic mass is 9.64. The van der Waals surface area contributed by atoms with Crippen LogP contribution < -0.4 is 11.1 Å². The fraction of sp³-hybridized carbons (Fsp3) is 0.533. The van der Waals surface area contributed by atoms with Crippen LogP contribution in [0.25, 0.3) is 0 Å². The summed E-state index contributed by atoms with van der Waals surface area (Å²) in [5.74, 6) is -0.389. The number of hydrogen-bond donors (Lipinski definition) is 2. The van der Waals surface area contributed by atoms with Crippen molar-refractivity contribution in [2.75, 3.05) is 25.3 Å². The van der Waals surface area contributed by atoms with E-state index in [1.54, 1.807) is 19.2 Å². The first-order valence-corrected chi connectivity index (χ1v) is 6.67. The second-order valence-electron chi connectivity index (χ2n) is 5.77. The van der Waals surface area contributed by atoms with E-state index in [4.69, 9.17) is 15.2 Å². The van der Waals surface area contributed by atoms with Gasteiger partial charge in [0.1, 0.15) is 0 Å². The van der Waals surface area contributed by atoms with Crippen molar-refractivity contribution in [3.63, 3.8) is 0 Å². The number of hydrogen-bond acceptors (Lipinski definition) is 5. The topological polar surface area (TPSA) is 73.6 Å². The van der Waals surface area contributed by atoms with Gasteiger partial charge in [-0.05, 0) is 24.6 Å². The number of carbonyl (C=O) groups is 1. The summed E-state index contributed by atoms with van der Waals surface area (Å²) < 4.78 is 10.2. The number of rotatable bonds is 4. The molecule has 0 aliphatic heterocycles. The Kier molecular flexibility index (Phi) is 3.90. The van der Waals surface area contributed by atoms with Crippen LogP contribution in [0.4, 0.5) is 11.4 Å². The lowest BCUT2D eigenvalue weighted by Gasteiger charge is -2.51. The minimum absolute atomic E-state index is 0.0174. The van der Waals surface area contributed by atoms with Crippen LogP contribution in [0.1, 0.15) is 30.6 Å². The molecule has 5 nitrogen and oxygen atoms in total. The summed E-state index contributed by atoms with van der Waals surface area (Å²) in [4.78, 5) is 11.8. The Morgan fingerprint density at radius 3 is 2.65 bits per heavy atom. The zero-order valence-electron chi connectivity index (χ0n) is 12.4. The first-order chi connectivity index (χ1) is 9.40. The summed E-state index contributed by atoms with van der Waals surface area (Å²) in [5.41, 5.74) is 7.51. The molecule has 0 bridgehead atoms. The number of esters is 1. The lowest BCUT2D eigenvalue weighted by Crippen LogP contribution is -2.57. The Labute approximate surface area is 119 Å². The maximum Gasteiger partial charge on any atom is 0.340 e. The second-order valence-corrected chi connectivity index (χ2v) is 5.77. The Hall–Kier alpha value is -1.75. The van der Waals surface area contributed by atoms with Gasteiger partial charge >= 0.3 is 5.97 Å². The van der Waals surface area contributed by atoms with Crippen LogP contribution in [0.5, 0.6) is 0 Å². The minimum atomic E-state index is -0.389. The van der Waals surface area contributed by atoms with Gasteiger partial charge in [0.05, 0.1) is 18.8 Å². The third-order valence-electron chi connectivity index (χ3n) is 4.24. The normalized spacial score (nSPS) is 23.8. The summed E-state index contributed by atoms with van der Waals surface area (Å²) in [6.45, 7) is 4.30. The predicted octanol–water partition coefficient (Wildman–Crippen LogP) is 2.28. The second kappa shape index (κ2) is 5.32. The molecule has 1 aromatic rings.